The average Bonchev–Trinajstić information content (AvgIpc) is 2.77. The van der Waals surface area contributed by atoms with Crippen molar-refractivity contribution in [2.45, 2.75) is 123 Å². The van der Waals surface area contributed by atoms with E-state index in [4.69, 9.17) is 9.47 Å². The van der Waals surface area contributed by atoms with E-state index in [-0.39, 0.29) is 6.61 Å². The standard InChI is InChI=1S/C27H48O3/c1-3-5-7-9-11-13-15-17-21-29-26-20-19-25(24-28)23-27(26)30-22-18-16-14-12-10-8-6-4-2/h19-20,23,28H,3-18,21-22,24H2,1-2H3. The minimum Gasteiger partial charge on any atom is -0.490 e. The molecule has 0 spiro atoms. The van der Waals surface area contributed by atoms with E-state index < -0.39 is 0 Å². The second-order valence-corrected chi connectivity index (χ2v) is 8.59. The third kappa shape index (κ3) is 13.9. The first kappa shape index (κ1) is 26.8. The summed E-state index contributed by atoms with van der Waals surface area (Å²) < 4.78 is 12.0. The van der Waals surface area contributed by atoms with Crippen molar-refractivity contribution in [3.8, 4) is 11.5 Å². The van der Waals surface area contributed by atoms with E-state index in [2.05, 4.69) is 13.8 Å². The first-order valence-electron chi connectivity index (χ1n) is 12.8. The van der Waals surface area contributed by atoms with Crippen molar-refractivity contribution < 1.29 is 14.6 Å². The Morgan fingerprint density at radius 2 is 1.00 bits per heavy atom. The molecule has 0 bridgehead atoms. The van der Waals surface area contributed by atoms with Gasteiger partial charge in [0.1, 0.15) is 0 Å². The highest BCUT2D eigenvalue weighted by molar-refractivity contribution is 5.42. The maximum Gasteiger partial charge on any atom is 0.161 e. The molecule has 174 valence electrons. The van der Waals surface area contributed by atoms with Gasteiger partial charge in [0.25, 0.3) is 0 Å². The highest BCUT2D eigenvalue weighted by Crippen LogP contribution is 2.29. The Hall–Kier alpha value is -1.22. The number of rotatable bonds is 21. The van der Waals surface area contributed by atoms with Gasteiger partial charge in [0.05, 0.1) is 19.8 Å². The number of aliphatic hydroxyl groups is 1. The van der Waals surface area contributed by atoms with Gasteiger partial charge >= 0.3 is 0 Å². The molecule has 1 rings (SSSR count). The van der Waals surface area contributed by atoms with Crippen molar-refractivity contribution in [1.29, 1.82) is 0 Å². The lowest BCUT2D eigenvalue weighted by molar-refractivity contribution is 0.254. The van der Waals surface area contributed by atoms with E-state index in [1.807, 2.05) is 18.2 Å². The van der Waals surface area contributed by atoms with Crippen LogP contribution >= 0.6 is 0 Å². The molecule has 0 radical (unpaired) electrons. The summed E-state index contributed by atoms with van der Waals surface area (Å²) in [4.78, 5) is 0. The Kier molecular flexibility index (Phi) is 17.6. The van der Waals surface area contributed by atoms with Crippen LogP contribution in [-0.2, 0) is 6.61 Å². The molecule has 1 aromatic rings. The van der Waals surface area contributed by atoms with Gasteiger partial charge in [-0.05, 0) is 30.5 Å². The Morgan fingerprint density at radius 1 is 0.567 bits per heavy atom. The minimum atomic E-state index is 0.0342. The summed E-state index contributed by atoms with van der Waals surface area (Å²) in [7, 11) is 0. The zero-order valence-corrected chi connectivity index (χ0v) is 19.9. The number of aliphatic hydroxyl groups excluding tert-OH is 1. The fraction of sp³-hybridized carbons (Fsp3) is 0.778. The first-order valence-corrected chi connectivity index (χ1v) is 12.8. The second-order valence-electron chi connectivity index (χ2n) is 8.59. The van der Waals surface area contributed by atoms with Crippen LogP contribution in [0.15, 0.2) is 18.2 Å². The molecule has 0 amide bonds. The van der Waals surface area contributed by atoms with E-state index >= 15 is 0 Å². The highest BCUT2D eigenvalue weighted by Gasteiger charge is 2.07. The fourth-order valence-electron chi connectivity index (χ4n) is 3.72. The SMILES string of the molecule is CCCCCCCCCCOc1ccc(CO)cc1OCCCCCCCCCC. The van der Waals surface area contributed by atoms with Crippen LogP contribution in [0.5, 0.6) is 11.5 Å². The molecule has 0 aliphatic rings. The summed E-state index contributed by atoms with van der Waals surface area (Å²) in [5.41, 5.74) is 0.875. The van der Waals surface area contributed by atoms with Crippen LogP contribution in [0.3, 0.4) is 0 Å². The highest BCUT2D eigenvalue weighted by atomic mass is 16.5. The topological polar surface area (TPSA) is 38.7 Å². The van der Waals surface area contributed by atoms with Gasteiger partial charge in [-0.2, -0.15) is 0 Å². The monoisotopic (exact) mass is 420 g/mol. The third-order valence-electron chi connectivity index (χ3n) is 5.70. The molecule has 0 saturated carbocycles. The number of ether oxygens (including phenoxy) is 2. The van der Waals surface area contributed by atoms with Crippen molar-refractivity contribution >= 4 is 0 Å². The summed E-state index contributed by atoms with van der Waals surface area (Å²) in [6.07, 6.45) is 20.8. The van der Waals surface area contributed by atoms with Crippen molar-refractivity contribution in [3.05, 3.63) is 23.8 Å². The van der Waals surface area contributed by atoms with Crippen LogP contribution in [0.4, 0.5) is 0 Å². The summed E-state index contributed by atoms with van der Waals surface area (Å²) in [6, 6.07) is 5.79. The second kappa shape index (κ2) is 19.7. The largest absolute Gasteiger partial charge is 0.490 e. The Bertz CT molecular complexity index is 501. The van der Waals surface area contributed by atoms with E-state index in [1.54, 1.807) is 0 Å². The maximum atomic E-state index is 9.44. The third-order valence-corrected chi connectivity index (χ3v) is 5.70. The van der Waals surface area contributed by atoms with Crippen LogP contribution in [-0.4, -0.2) is 18.3 Å². The minimum absolute atomic E-state index is 0.0342. The summed E-state index contributed by atoms with van der Waals surface area (Å²) in [5.74, 6) is 1.60. The van der Waals surface area contributed by atoms with Gasteiger partial charge in [-0.25, -0.2) is 0 Å². The fourth-order valence-corrected chi connectivity index (χ4v) is 3.72. The maximum absolute atomic E-state index is 9.44. The molecule has 0 aliphatic carbocycles. The van der Waals surface area contributed by atoms with Gasteiger partial charge in [0, 0.05) is 0 Å². The van der Waals surface area contributed by atoms with Crippen molar-refractivity contribution in [1.82, 2.24) is 0 Å². The number of hydrogen-bond donors (Lipinski definition) is 1. The molecule has 0 aromatic heterocycles. The number of unbranched alkanes of at least 4 members (excludes halogenated alkanes) is 14. The van der Waals surface area contributed by atoms with Gasteiger partial charge in [-0.1, -0.05) is 110 Å². The van der Waals surface area contributed by atoms with Gasteiger partial charge in [0.15, 0.2) is 11.5 Å². The first-order chi connectivity index (χ1) is 14.8. The van der Waals surface area contributed by atoms with E-state index in [0.29, 0.717) is 0 Å². The molecule has 1 aromatic carbocycles. The van der Waals surface area contributed by atoms with Crippen molar-refractivity contribution in [2.24, 2.45) is 0 Å². The summed E-state index contributed by atoms with van der Waals surface area (Å²) >= 11 is 0. The molecule has 0 aliphatic heterocycles. The van der Waals surface area contributed by atoms with Gasteiger partial charge in [-0.15, -0.1) is 0 Å². The van der Waals surface area contributed by atoms with E-state index in [9.17, 15) is 5.11 Å². The molecule has 3 nitrogen and oxygen atoms in total. The predicted molar refractivity (Wildman–Crippen MR) is 129 cm³/mol. The molecule has 0 unspecified atom stereocenters. The quantitative estimate of drug-likeness (QED) is 0.204. The molecular formula is C27H48O3. The van der Waals surface area contributed by atoms with Crippen molar-refractivity contribution in [2.75, 3.05) is 13.2 Å². The van der Waals surface area contributed by atoms with E-state index in [1.165, 1.54) is 89.9 Å². The van der Waals surface area contributed by atoms with Gasteiger partial charge in [0.2, 0.25) is 0 Å². The van der Waals surface area contributed by atoms with E-state index in [0.717, 1.165) is 43.1 Å². The van der Waals surface area contributed by atoms with Crippen molar-refractivity contribution in [3.63, 3.8) is 0 Å². The Balaban J connectivity index is 2.22. The molecule has 3 heteroatoms. The number of hydrogen-bond acceptors (Lipinski definition) is 3. The van der Waals surface area contributed by atoms with Gasteiger partial charge in [-0.3, -0.25) is 0 Å². The Labute approximate surface area is 186 Å². The molecule has 0 saturated heterocycles. The van der Waals surface area contributed by atoms with Gasteiger partial charge < -0.3 is 14.6 Å². The molecule has 30 heavy (non-hydrogen) atoms. The summed E-state index contributed by atoms with van der Waals surface area (Å²) in [5, 5.41) is 9.44. The normalized spacial score (nSPS) is 11.0. The Morgan fingerprint density at radius 3 is 1.47 bits per heavy atom. The van der Waals surface area contributed by atoms with Crippen LogP contribution in [0.25, 0.3) is 0 Å². The summed E-state index contributed by atoms with van der Waals surface area (Å²) in [6.45, 7) is 6.01. The predicted octanol–water partition coefficient (Wildman–Crippen LogP) is 8.22. The molecular weight excluding hydrogens is 372 g/mol. The van der Waals surface area contributed by atoms with Crippen LogP contribution in [0, 0.1) is 0 Å². The molecule has 0 atom stereocenters. The zero-order valence-electron chi connectivity index (χ0n) is 19.9. The number of benzene rings is 1. The lowest BCUT2D eigenvalue weighted by atomic mass is 10.1. The molecule has 0 fully saturated rings. The smallest absolute Gasteiger partial charge is 0.161 e. The molecule has 0 heterocycles. The van der Waals surface area contributed by atoms with Crippen LogP contribution < -0.4 is 9.47 Å². The molecule has 1 N–H and O–H groups in total. The average molecular weight is 421 g/mol. The lowest BCUT2D eigenvalue weighted by Crippen LogP contribution is -2.03. The van der Waals surface area contributed by atoms with Crippen LogP contribution in [0.1, 0.15) is 122 Å². The lowest BCUT2D eigenvalue weighted by Gasteiger charge is -2.14. The van der Waals surface area contributed by atoms with Crippen LogP contribution in [0.2, 0.25) is 0 Å². The zero-order chi connectivity index (χ0) is 21.7.